The van der Waals surface area contributed by atoms with Gasteiger partial charge in [0.1, 0.15) is 0 Å². The normalized spacial score (nSPS) is 17.4. The van der Waals surface area contributed by atoms with E-state index in [2.05, 4.69) is 22.4 Å². The molecule has 1 aliphatic carbocycles. The van der Waals surface area contributed by atoms with Gasteiger partial charge in [-0.3, -0.25) is 0 Å². The molecule has 1 heterocycles. The zero-order valence-electron chi connectivity index (χ0n) is 9.58. The number of aromatic nitrogens is 2. The number of hydrogen-bond donors (Lipinski definition) is 1. The quantitative estimate of drug-likeness (QED) is 0.749. The summed E-state index contributed by atoms with van der Waals surface area (Å²) in [7, 11) is 0. The fraction of sp³-hybridized carbons (Fsp3) is 0.818. The van der Waals surface area contributed by atoms with Gasteiger partial charge in [0.25, 0.3) is 0 Å². The summed E-state index contributed by atoms with van der Waals surface area (Å²) in [6.45, 7) is 2.18. The van der Waals surface area contributed by atoms with Gasteiger partial charge in [0.05, 0.1) is 0 Å². The first-order valence-electron chi connectivity index (χ1n) is 5.96. The Kier molecular flexibility index (Phi) is 4.04. The van der Waals surface area contributed by atoms with Crippen molar-refractivity contribution in [2.75, 3.05) is 11.2 Å². The Labute approximate surface area is 101 Å². The number of nitrogens with one attached hydrogen (secondary N) is 1. The van der Waals surface area contributed by atoms with Gasteiger partial charge in [-0.05, 0) is 18.8 Å². The third kappa shape index (κ3) is 3.37. The number of hydrogen-bond acceptors (Lipinski definition) is 4. The lowest BCUT2D eigenvalue weighted by molar-refractivity contribution is 0.493. The van der Waals surface area contributed by atoms with Crippen molar-refractivity contribution in [1.82, 2.24) is 10.2 Å². The average molecular weight is 244 g/mol. The first-order chi connectivity index (χ1) is 7.81. The fourth-order valence-electron chi connectivity index (χ4n) is 1.75. The highest BCUT2D eigenvalue weighted by atomic mass is 35.5. The maximum absolute atomic E-state index is 5.61. The van der Waals surface area contributed by atoms with E-state index >= 15 is 0 Å². The monoisotopic (exact) mass is 243 g/mol. The molecule has 4 nitrogen and oxygen atoms in total. The largest absolute Gasteiger partial charge is 0.408 e. The zero-order chi connectivity index (χ0) is 11.4. The summed E-state index contributed by atoms with van der Waals surface area (Å²) in [5.41, 5.74) is 0. The van der Waals surface area contributed by atoms with Gasteiger partial charge in [0, 0.05) is 18.3 Å². The molecule has 1 atom stereocenters. The van der Waals surface area contributed by atoms with Crippen LogP contribution < -0.4 is 5.32 Å². The van der Waals surface area contributed by atoms with E-state index in [1.54, 1.807) is 0 Å². The van der Waals surface area contributed by atoms with Crippen molar-refractivity contribution < 1.29 is 4.42 Å². The van der Waals surface area contributed by atoms with E-state index in [1.165, 1.54) is 19.3 Å². The first kappa shape index (κ1) is 11.7. The van der Waals surface area contributed by atoms with Crippen LogP contribution in [0.2, 0.25) is 0 Å². The third-order valence-corrected chi connectivity index (χ3v) is 3.10. The number of nitrogens with zero attached hydrogens (tertiary/aromatic N) is 2. The lowest BCUT2D eigenvalue weighted by Gasteiger charge is -2.14. The molecular formula is C11H18ClN3O. The lowest BCUT2D eigenvalue weighted by atomic mass is 10.1. The van der Waals surface area contributed by atoms with Crippen molar-refractivity contribution in [3.63, 3.8) is 0 Å². The van der Waals surface area contributed by atoms with Gasteiger partial charge < -0.3 is 9.73 Å². The summed E-state index contributed by atoms with van der Waals surface area (Å²) in [5, 5.41) is 11.2. The van der Waals surface area contributed by atoms with Crippen LogP contribution in [0.4, 0.5) is 6.01 Å². The van der Waals surface area contributed by atoms with E-state index in [0.717, 1.165) is 12.3 Å². The molecule has 1 saturated carbocycles. The van der Waals surface area contributed by atoms with Gasteiger partial charge >= 0.3 is 6.01 Å². The molecule has 0 bridgehead atoms. The minimum Gasteiger partial charge on any atom is -0.408 e. The molecule has 0 aliphatic heterocycles. The Morgan fingerprint density at radius 2 is 2.31 bits per heavy atom. The smallest absolute Gasteiger partial charge is 0.315 e. The second-order valence-electron chi connectivity index (χ2n) is 4.37. The van der Waals surface area contributed by atoms with Crippen LogP contribution in [0.25, 0.3) is 0 Å². The van der Waals surface area contributed by atoms with E-state index in [4.69, 9.17) is 16.0 Å². The highest BCUT2D eigenvalue weighted by Gasteiger charge is 2.25. The molecule has 5 heteroatoms. The highest BCUT2D eigenvalue weighted by Crippen LogP contribution is 2.34. The molecule has 1 unspecified atom stereocenters. The Hall–Kier alpha value is -0.770. The van der Waals surface area contributed by atoms with Gasteiger partial charge in [-0.1, -0.05) is 24.9 Å². The summed E-state index contributed by atoms with van der Waals surface area (Å²) < 4.78 is 5.44. The van der Waals surface area contributed by atoms with Gasteiger partial charge in [0.15, 0.2) is 0 Å². The summed E-state index contributed by atoms with van der Waals surface area (Å²) in [5.74, 6) is 2.03. The summed E-state index contributed by atoms with van der Waals surface area (Å²) in [4.78, 5) is 0. The van der Waals surface area contributed by atoms with Crippen LogP contribution >= 0.6 is 11.6 Å². The standard InChI is InChI=1S/C11H18ClN3O/c1-2-9(7-8-3-4-8)13-11-15-14-10(16-11)5-6-12/h8-9H,2-7H2,1H3,(H,13,15). The van der Waals surface area contributed by atoms with Gasteiger partial charge in [-0.15, -0.1) is 16.7 Å². The highest BCUT2D eigenvalue weighted by molar-refractivity contribution is 6.17. The second-order valence-corrected chi connectivity index (χ2v) is 4.75. The van der Waals surface area contributed by atoms with Crippen LogP contribution in [-0.4, -0.2) is 22.1 Å². The van der Waals surface area contributed by atoms with Crippen LogP contribution in [-0.2, 0) is 6.42 Å². The van der Waals surface area contributed by atoms with Crippen molar-refractivity contribution in [1.29, 1.82) is 0 Å². The van der Waals surface area contributed by atoms with Crippen LogP contribution in [0.5, 0.6) is 0 Å². The maximum atomic E-state index is 5.61. The third-order valence-electron chi connectivity index (χ3n) is 2.91. The fourth-order valence-corrected chi connectivity index (χ4v) is 1.91. The summed E-state index contributed by atoms with van der Waals surface area (Å²) >= 11 is 5.61. The second kappa shape index (κ2) is 5.53. The van der Waals surface area contributed by atoms with E-state index in [0.29, 0.717) is 30.2 Å². The molecule has 0 spiro atoms. The van der Waals surface area contributed by atoms with Crippen molar-refractivity contribution in [3.8, 4) is 0 Å². The van der Waals surface area contributed by atoms with Gasteiger partial charge in [-0.2, -0.15) is 0 Å². The van der Waals surface area contributed by atoms with E-state index in [9.17, 15) is 0 Å². The number of halogens is 1. The average Bonchev–Trinajstić information content (AvgIpc) is 2.99. The topological polar surface area (TPSA) is 51.0 Å². The molecule has 16 heavy (non-hydrogen) atoms. The minimum absolute atomic E-state index is 0.455. The molecule has 1 aromatic rings. The molecule has 0 saturated heterocycles. The Morgan fingerprint density at radius 1 is 1.50 bits per heavy atom. The summed E-state index contributed by atoms with van der Waals surface area (Å²) in [6.07, 6.45) is 5.68. The number of anilines is 1. The predicted molar refractivity (Wildman–Crippen MR) is 63.8 cm³/mol. The number of alkyl halides is 1. The van der Waals surface area contributed by atoms with Crippen molar-refractivity contribution in [2.24, 2.45) is 5.92 Å². The molecule has 90 valence electrons. The molecule has 0 aromatic carbocycles. The van der Waals surface area contributed by atoms with Crippen LogP contribution in [0.1, 0.15) is 38.5 Å². The van der Waals surface area contributed by atoms with E-state index < -0.39 is 0 Å². The SMILES string of the molecule is CCC(CC1CC1)Nc1nnc(CCCl)o1. The van der Waals surface area contributed by atoms with Crippen LogP contribution in [0.15, 0.2) is 4.42 Å². The summed E-state index contributed by atoms with van der Waals surface area (Å²) in [6, 6.07) is 0.990. The molecular weight excluding hydrogens is 226 g/mol. The van der Waals surface area contributed by atoms with Crippen LogP contribution in [0, 0.1) is 5.92 Å². The Bertz CT molecular complexity index is 325. The van der Waals surface area contributed by atoms with E-state index in [-0.39, 0.29) is 0 Å². The Morgan fingerprint density at radius 3 is 2.94 bits per heavy atom. The molecule has 0 amide bonds. The van der Waals surface area contributed by atoms with Crippen LogP contribution in [0.3, 0.4) is 0 Å². The molecule has 1 aromatic heterocycles. The zero-order valence-corrected chi connectivity index (χ0v) is 10.3. The number of aryl methyl sites for hydroxylation is 1. The predicted octanol–water partition coefficient (Wildman–Crippen LogP) is 2.84. The molecule has 1 aliphatic rings. The van der Waals surface area contributed by atoms with Crippen molar-refractivity contribution in [3.05, 3.63) is 5.89 Å². The molecule has 0 radical (unpaired) electrons. The first-order valence-corrected chi connectivity index (χ1v) is 6.50. The molecule has 1 fully saturated rings. The van der Waals surface area contributed by atoms with Crippen molar-refractivity contribution in [2.45, 2.75) is 45.1 Å². The van der Waals surface area contributed by atoms with Gasteiger partial charge in [-0.25, -0.2) is 0 Å². The van der Waals surface area contributed by atoms with E-state index in [1.807, 2.05) is 0 Å². The molecule has 1 N–H and O–H groups in total. The van der Waals surface area contributed by atoms with Gasteiger partial charge in [0.2, 0.25) is 5.89 Å². The van der Waals surface area contributed by atoms with Crippen molar-refractivity contribution >= 4 is 17.6 Å². The molecule has 2 rings (SSSR count). The lowest BCUT2D eigenvalue weighted by Crippen LogP contribution is -2.19. The Balaban J connectivity index is 1.84. The number of rotatable bonds is 7. The maximum Gasteiger partial charge on any atom is 0.315 e. The minimum atomic E-state index is 0.455.